The highest BCUT2D eigenvalue weighted by molar-refractivity contribution is 5.79. The van der Waals surface area contributed by atoms with E-state index in [9.17, 15) is 4.79 Å². The van der Waals surface area contributed by atoms with Gasteiger partial charge in [0, 0.05) is 25.3 Å². The molecule has 2 aliphatic rings. The third kappa shape index (κ3) is 3.87. The van der Waals surface area contributed by atoms with Gasteiger partial charge in [0.2, 0.25) is 5.91 Å². The van der Waals surface area contributed by atoms with Gasteiger partial charge in [-0.05, 0) is 54.7 Å². The monoisotopic (exact) mass is 366 g/mol. The number of nitrogens with zero attached hydrogens (tertiary/aromatic N) is 1. The first-order chi connectivity index (χ1) is 13.2. The van der Waals surface area contributed by atoms with E-state index < -0.39 is 0 Å². The van der Waals surface area contributed by atoms with Crippen molar-refractivity contribution >= 4 is 11.6 Å². The molecule has 1 atom stereocenters. The molecule has 0 aliphatic carbocycles. The predicted octanol–water partition coefficient (Wildman–Crippen LogP) is 2.82. The molecule has 2 aliphatic heterocycles. The summed E-state index contributed by atoms with van der Waals surface area (Å²) in [5.74, 6) is 1.58. The van der Waals surface area contributed by atoms with Crippen LogP contribution in [0.3, 0.4) is 0 Å². The van der Waals surface area contributed by atoms with Crippen LogP contribution in [0.5, 0.6) is 11.5 Å². The molecule has 27 heavy (non-hydrogen) atoms. The highest BCUT2D eigenvalue weighted by Crippen LogP contribution is 2.31. The van der Waals surface area contributed by atoms with Crippen LogP contribution in [-0.4, -0.2) is 39.3 Å². The second kappa shape index (κ2) is 7.91. The Kier molecular flexibility index (Phi) is 5.19. The Morgan fingerprint density at radius 2 is 2.15 bits per heavy atom. The summed E-state index contributed by atoms with van der Waals surface area (Å²) < 4.78 is 11.0. The molecule has 0 saturated carbocycles. The Morgan fingerprint density at radius 3 is 3.04 bits per heavy atom. The number of fused-ring (bicyclic) bond motifs is 2. The molecular formula is C22H26N2O3. The van der Waals surface area contributed by atoms with Gasteiger partial charge in [0.05, 0.1) is 13.0 Å². The lowest BCUT2D eigenvalue weighted by molar-refractivity contribution is -0.126. The minimum atomic E-state index is -0.142. The molecule has 1 N–H and O–H groups in total. The fourth-order valence-electron chi connectivity index (χ4n) is 3.93. The standard InChI is InChI=1S/C22H26N2O3/c1-26-19-7-8-21-17(14-19)13-18(15-27-21)22(25)23-10-4-11-24-12-9-16-5-2-3-6-20(16)24/h2-3,5-8,14,18H,4,9-13,15H2,1H3,(H,23,25). The van der Waals surface area contributed by atoms with E-state index in [2.05, 4.69) is 34.5 Å². The number of carbonyl (C=O) groups is 1. The summed E-state index contributed by atoms with van der Waals surface area (Å²) in [6.07, 6.45) is 2.75. The van der Waals surface area contributed by atoms with E-state index in [1.54, 1.807) is 7.11 Å². The maximum atomic E-state index is 12.5. The van der Waals surface area contributed by atoms with Crippen LogP contribution in [0.1, 0.15) is 17.5 Å². The van der Waals surface area contributed by atoms with E-state index in [0.29, 0.717) is 19.6 Å². The molecule has 2 aromatic carbocycles. The number of carbonyl (C=O) groups excluding carboxylic acids is 1. The molecule has 142 valence electrons. The van der Waals surface area contributed by atoms with Crippen LogP contribution in [-0.2, 0) is 17.6 Å². The summed E-state index contributed by atoms with van der Waals surface area (Å²) in [7, 11) is 1.65. The summed E-state index contributed by atoms with van der Waals surface area (Å²) in [5.41, 5.74) is 3.81. The molecule has 0 radical (unpaired) electrons. The van der Waals surface area contributed by atoms with Crippen molar-refractivity contribution in [2.45, 2.75) is 19.3 Å². The van der Waals surface area contributed by atoms with Crippen molar-refractivity contribution in [3.05, 3.63) is 53.6 Å². The summed E-state index contributed by atoms with van der Waals surface area (Å²) in [4.78, 5) is 14.9. The van der Waals surface area contributed by atoms with Crippen molar-refractivity contribution in [1.82, 2.24) is 5.32 Å². The fraction of sp³-hybridized carbons (Fsp3) is 0.409. The van der Waals surface area contributed by atoms with Gasteiger partial charge >= 0.3 is 0 Å². The molecule has 0 saturated heterocycles. The number of hydrogen-bond donors (Lipinski definition) is 1. The van der Waals surface area contributed by atoms with Gasteiger partial charge in [-0.3, -0.25) is 4.79 Å². The number of nitrogens with one attached hydrogen (secondary N) is 1. The van der Waals surface area contributed by atoms with Crippen LogP contribution in [0.2, 0.25) is 0 Å². The number of anilines is 1. The van der Waals surface area contributed by atoms with E-state index in [-0.39, 0.29) is 11.8 Å². The predicted molar refractivity (Wildman–Crippen MR) is 106 cm³/mol. The van der Waals surface area contributed by atoms with Crippen molar-refractivity contribution in [3.63, 3.8) is 0 Å². The summed E-state index contributed by atoms with van der Waals surface area (Å²) in [6.45, 7) is 3.17. The third-order valence-corrected chi connectivity index (χ3v) is 5.43. The lowest BCUT2D eigenvalue weighted by atomic mass is 9.96. The zero-order chi connectivity index (χ0) is 18.6. The highest BCUT2D eigenvalue weighted by Gasteiger charge is 2.26. The lowest BCUT2D eigenvalue weighted by Crippen LogP contribution is -2.38. The Hall–Kier alpha value is -2.69. The number of hydrogen-bond acceptors (Lipinski definition) is 4. The maximum Gasteiger partial charge on any atom is 0.226 e. The van der Waals surface area contributed by atoms with Gasteiger partial charge < -0.3 is 19.7 Å². The molecular weight excluding hydrogens is 340 g/mol. The Labute approximate surface area is 160 Å². The van der Waals surface area contributed by atoms with Crippen LogP contribution in [0.15, 0.2) is 42.5 Å². The molecule has 0 aromatic heterocycles. The van der Waals surface area contributed by atoms with Gasteiger partial charge in [-0.2, -0.15) is 0 Å². The summed E-state index contributed by atoms with van der Waals surface area (Å²) in [6, 6.07) is 14.3. The van der Waals surface area contributed by atoms with Crippen molar-refractivity contribution in [2.24, 2.45) is 5.92 Å². The lowest BCUT2D eigenvalue weighted by Gasteiger charge is -2.25. The van der Waals surface area contributed by atoms with E-state index in [1.165, 1.54) is 11.3 Å². The quantitative estimate of drug-likeness (QED) is 0.799. The molecule has 1 amide bonds. The van der Waals surface area contributed by atoms with Crippen LogP contribution in [0.25, 0.3) is 0 Å². The van der Waals surface area contributed by atoms with Crippen LogP contribution in [0.4, 0.5) is 5.69 Å². The van der Waals surface area contributed by atoms with Crippen molar-refractivity contribution in [3.8, 4) is 11.5 Å². The second-order valence-electron chi connectivity index (χ2n) is 7.20. The first-order valence-corrected chi connectivity index (χ1v) is 9.65. The van der Waals surface area contributed by atoms with E-state index in [4.69, 9.17) is 9.47 Å². The third-order valence-electron chi connectivity index (χ3n) is 5.43. The zero-order valence-electron chi connectivity index (χ0n) is 15.7. The van der Waals surface area contributed by atoms with Gasteiger partial charge in [-0.25, -0.2) is 0 Å². The summed E-state index contributed by atoms with van der Waals surface area (Å²) in [5, 5.41) is 3.08. The molecule has 0 spiro atoms. The van der Waals surface area contributed by atoms with Crippen molar-refractivity contribution in [1.29, 1.82) is 0 Å². The first kappa shape index (κ1) is 17.7. The molecule has 0 bridgehead atoms. The molecule has 5 heteroatoms. The number of methoxy groups -OCH3 is 1. The minimum absolute atomic E-state index is 0.0743. The van der Waals surface area contributed by atoms with Crippen LogP contribution < -0.4 is 19.7 Å². The topological polar surface area (TPSA) is 50.8 Å². The van der Waals surface area contributed by atoms with Crippen molar-refractivity contribution in [2.75, 3.05) is 38.3 Å². The normalized spacial score (nSPS) is 17.7. The van der Waals surface area contributed by atoms with Gasteiger partial charge in [-0.1, -0.05) is 18.2 Å². The SMILES string of the molecule is COc1ccc2c(c1)CC(C(=O)NCCCN1CCc3ccccc31)CO2. The van der Waals surface area contributed by atoms with Crippen LogP contribution in [0, 0.1) is 5.92 Å². The smallest absolute Gasteiger partial charge is 0.226 e. The Morgan fingerprint density at radius 1 is 1.26 bits per heavy atom. The number of rotatable bonds is 6. The first-order valence-electron chi connectivity index (χ1n) is 9.65. The van der Waals surface area contributed by atoms with Gasteiger partial charge in [0.15, 0.2) is 0 Å². The van der Waals surface area contributed by atoms with Gasteiger partial charge in [0.25, 0.3) is 0 Å². The zero-order valence-corrected chi connectivity index (χ0v) is 15.7. The van der Waals surface area contributed by atoms with E-state index in [1.807, 2.05) is 18.2 Å². The number of ether oxygens (including phenoxy) is 2. The number of para-hydroxylation sites is 1. The Balaban J connectivity index is 1.24. The largest absolute Gasteiger partial charge is 0.497 e. The number of benzene rings is 2. The van der Waals surface area contributed by atoms with Gasteiger partial charge in [0.1, 0.15) is 18.1 Å². The molecule has 2 aromatic rings. The molecule has 0 fully saturated rings. The van der Waals surface area contributed by atoms with Gasteiger partial charge in [-0.15, -0.1) is 0 Å². The molecule has 2 heterocycles. The number of amides is 1. The average Bonchev–Trinajstić information content (AvgIpc) is 3.13. The summed E-state index contributed by atoms with van der Waals surface area (Å²) >= 11 is 0. The van der Waals surface area contributed by atoms with E-state index in [0.717, 1.165) is 43.0 Å². The van der Waals surface area contributed by atoms with E-state index >= 15 is 0 Å². The average molecular weight is 366 g/mol. The molecule has 4 rings (SSSR count). The van der Waals surface area contributed by atoms with Crippen molar-refractivity contribution < 1.29 is 14.3 Å². The molecule has 5 nitrogen and oxygen atoms in total. The second-order valence-corrected chi connectivity index (χ2v) is 7.20. The minimum Gasteiger partial charge on any atom is -0.497 e. The molecule has 1 unspecified atom stereocenters. The van der Waals surface area contributed by atoms with Crippen LogP contribution >= 0.6 is 0 Å². The highest BCUT2D eigenvalue weighted by atomic mass is 16.5. The maximum absolute atomic E-state index is 12.5. The Bertz CT molecular complexity index is 821. The fourth-order valence-corrected chi connectivity index (χ4v) is 3.93.